The van der Waals surface area contributed by atoms with Gasteiger partial charge < -0.3 is 16.0 Å². The first-order valence-electron chi connectivity index (χ1n) is 10.9. The Hall–Kier alpha value is -0.610. The van der Waals surface area contributed by atoms with Crippen molar-refractivity contribution in [1.82, 2.24) is 5.32 Å². The monoisotopic (exact) mass is 356 g/mol. The van der Waals surface area contributed by atoms with E-state index in [1.807, 2.05) is 0 Å². The minimum atomic E-state index is 0.0892. The molecule has 0 aliphatic rings. The molecule has 3 N–H and O–H groups in total. The summed E-state index contributed by atoms with van der Waals surface area (Å²) in [6, 6.07) is 0. The number of nitrogens with two attached hydrogens (primary N) is 1. The summed E-state index contributed by atoms with van der Waals surface area (Å²) in [7, 11) is 0. The molecule has 0 saturated heterocycles. The molecular weight excluding hydrogens is 312 g/mol. The SMILES string of the molecule is CCCC(CCC)CCCCCCCCCCCC(=O)NCC[NH2+][O-]. The number of rotatable bonds is 19. The Labute approximate surface area is 156 Å². The second-order valence-corrected chi connectivity index (χ2v) is 7.47. The van der Waals surface area contributed by atoms with E-state index in [1.165, 1.54) is 77.0 Å². The van der Waals surface area contributed by atoms with Crippen LogP contribution in [0.5, 0.6) is 0 Å². The molecule has 4 nitrogen and oxygen atoms in total. The second kappa shape index (κ2) is 19.7. The van der Waals surface area contributed by atoms with Gasteiger partial charge in [-0.25, -0.2) is 0 Å². The number of carbonyl (C=O) groups is 1. The fraction of sp³-hybridized carbons (Fsp3) is 0.952. The summed E-state index contributed by atoms with van der Waals surface area (Å²) in [6.45, 7) is 5.52. The fourth-order valence-electron chi connectivity index (χ4n) is 3.56. The number of amides is 1. The van der Waals surface area contributed by atoms with Crippen LogP contribution >= 0.6 is 0 Å². The lowest BCUT2D eigenvalue weighted by molar-refractivity contribution is -0.586. The van der Waals surface area contributed by atoms with E-state index in [0.29, 0.717) is 19.5 Å². The number of hydroxylamine groups is 1. The van der Waals surface area contributed by atoms with Crippen LogP contribution < -0.4 is 10.8 Å². The van der Waals surface area contributed by atoms with Crippen molar-refractivity contribution < 1.29 is 10.3 Å². The van der Waals surface area contributed by atoms with Gasteiger partial charge in [0.1, 0.15) is 0 Å². The summed E-state index contributed by atoms with van der Waals surface area (Å²) in [5.74, 6) is 1.07. The lowest BCUT2D eigenvalue weighted by atomic mass is 9.92. The van der Waals surface area contributed by atoms with E-state index in [9.17, 15) is 10.0 Å². The van der Waals surface area contributed by atoms with Gasteiger partial charge in [0.05, 0.1) is 13.1 Å². The maximum atomic E-state index is 11.5. The van der Waals surface area contributed by atoms with Crippen LogP contribution in [0, 0.1) is 11.1 Å². The molecule has 0 rings (SSSR count). The maximum Gasteiger partial charge on any atom is 0.220 e. The smallest absolute Gasteiger partial charge is 0.220 e. The third-order valence-corrected chi connectivity index (χ3v) is 4.99. The molecule has 150 valence electrons. The molecule has 0 spiro atoms. The van der Waals surface area contributed by atoms with Crippen molar-refractivity contribution >= 4 is 5.91 Å². The van der Waals surface area contributed by atoms with E-state index in [2.05, 4.69) is 19.2 Å². The quantitative estimate of drug-likeness (QED) is 0.261. The third-order valence-electron chi connectivity index (χ3n) is 4.99. The molecule has 0 aromatic carbocycles. The van der Waals surface area contributed by atoms with Crippen molar-refractivity contribution in [3.05, 3.63) is 5.21 Å². The Balaban J connectivity index is 3.26. The highest BCUT2D eigenvalue weighted by molar-refractivity contribution is 5.75. The Morgan fingerprint density at radius 1 is 0.840 bits per heavy atom. The molecule has 0 unspecified atom stereocenters. The van der Waals surface area contributed by atoms with Crippen LogP contribution in [-0.4, -0.2) is 19.0 Å². The van der Waals surface area contributed by atoms with E-state index in [4.69, 9.17) is 0 Å². The van der Waals surface area contributed by atoms with Crippen molar-refractivity contribution in [2.24, 2.45) is 5.92 Å². The normalized spacial score (nSPS) is 11.2. The molecule has 0 aromatic heterocycles. The lowest BCUT2D eigenvalue weighted by Gasteiger charge is -2.14. The molecule has 0 aliphatic heterocycles. The molecule has 0 aromatic rings. The highest BCUT2D eigenvalue weighted by atomic mass is 16.5. The lowest BCUT2D eigenvalue weighted by Crippen LogP contribution is -2.79. The molecule has 0 heterocycles. The van der Waals surface area contributed by atoms with Crippen molar-refractivity contribution in [1.29, 1.82) is 0 Å². The zero-order valence-corrected chi connectivity index (χ0v) is 17.0. The Bertz CT molecular complexity index is 279. The average Bonchev–Trinajstić information content (AvgIpc) is 2.60. The molecule has 0 bridgehead atoms. The number of quaternary nitrogens is 1. The van der Waals surface area contributed by atoms with E-state index in [-0.39, 0.29) is 5.91 Å². The Morgan fingerprint density at radius 3 is 1.88 bits per heavy atom. The van der Waals surface area contributed by atoms with Gasteiger partial charge >= 0.3 is 0 Å². The van der Waals surface area contributed by atoms with Crippen molar-refractivity contribution in [3.63, 3.8) is 0 Å². The first kappa shape index (κ1) is 24.4. The zero-order chi connectivity index (χ0) is 18.6. The van der Waals surface area contributed by atoms with Gasteiger partial charge in [0.15, 0.2) is 0 Å². The van der Waals surface area contributed by atoms with Crippen LogP contribution in [0.15, 0.2) is 0 Å². The highest BCUT2D eigenvalue weighted by Gasteiger charge is 2.06. The van der Waals surface area contributed by atoms with Crippen LogP contribution in [0.1, 0.15) is 110 Å². The number of hydrogen-bond donors (Lipinski definition) is 2. The fourth-order valence-corrected chi connectivity index (χ4v) is 3.56. The van der Waals surface area contributed by atoms with Gasteiger partial charge in [0, 0.05) is 6.42 Å². The minimum absolute atomic E-state index is 0.0892. The Kier molecular flexibility index (Phi) is 19.2. The van der Waals surface area contributed by atoms with Gasteiger partial charge in [0.2, 0.25) is 5.91 Å². The van der Waals surface area contributed by atoms with Gasteiger partial charge in [-0.3, -0.25) is 4.79 Å². The van der Waals surface area contributed by atoms with Crippen LogP contribution in [0.4, 0.5) is 0 Å². The highest BCUT2D eigenvalue weighted by Crippen LogP contribution is 2.21. The molecule has 0 fully saturated rings. The standard InChI is InChI=1S/C21H44N2O2/c1-3-14-20(15-4-2)16-12-10-8-6-5-7-9-11-13-17-21(24)22-18-19-23-25/h20H,3-19,23H2,1-2H3,(H,22,24). The predicted molar refractivity (Wildman–Crippen MR) is 107 cm³/mol. The van der Waals surface area contributed by atoms with Gasteiger partial charge in [-0.05, 0) is 12.3 Å². The van der Waals surface area contributed by atoms with Crippen molar-refractivity contribution in [2.45, 2.75) is 110 Å². The first-order chi connectivity index (χ1) is 12.2. The van der Waals surface area contributed by atoms with E-state index < -0.39 is 0 Å². The second-order valence-electron chi connectivity index (χ2n) is 7.47. The molecule has 1 amide bonds. The van der Waals surface area contributed by atoms with Crippen LogP contribution in [0.2, 0.25) is 0 Å². The van der Waals surface area contributed by atoms with Gasteiger partial charge in [-0.1, -0.05) is 97.3 Å². The van der Waals surface area contributed by atoms with Gasteiger partial charge in [-0.2, -0.15) is 0 Å². The summed E-state index contributed by atoms with van der Waals surface area (Å²) in [6.07, 6.45) is 19.2. The first-order valence-corrected chi connectivity index (χ1v) is 10.9. The van der Waals surface area contributed by atoms with E-state index in [0.717, 1.165) is 24.2 Å². The van der Waals surface area contributed by atoms with Crippen molar-refractivity contribution in [2.75, 3.05) is 13.1 Å². The summed E-state index contributed by atoms with van der Waals surface area (Å²) in [5, 5.41) is 12.9. The molecule has 0 radical (unpaired) electrons. The summed E-state index contributed by atoms with van der Waals surface area (Å²) in [4.78, 5) is 11.5. The summed E-state index contributed by atoms with van der Waals surface area (Å²) < 4.78 is 0. The van der Waals surface area contributed by atoms with E-state index in [1.54, 1.807) is 0 Å². The summed E-state index contributed by atoms with van der Waals surface area (Å²) >= 11 is 0. The average molecular weight is 357 g/mol. The largest absolute Gasteiger partial charge is 0.636 e. The van der Waals surface area contributed by atoms with Crippen molar-refractivity contribution in [3.8, 4) is 0 Å². The minimum Gasteiger partial charge on any atom is -0.636 e. The summed E-state index contributed by atoms with van der Waals surface area (Å²) in [5.41, 5.74) is 0.842. The third kappa shape index (κ3) is 18.0. The van der Waals surface area contributed by atoms with E-state index >= 15 is 0 Å². The zero-order valence-electron chi connectivity index (χ0n) is 17.0. The molecule has 4 heteroatoms. The van der Waals surface area contributed by atoms with Gasteiger partial charge in [-0.15, -0.1) is 0 Å². The molecule has 0 saturated carbocycles. The van der Waals surface area contributed by atoms with Crippen LogP contribution in [0.25, 0.3) is 0 Å². The number of unbranched alkanes of at least 4 members (excludes halogenated alkanes) is 8. The van der Waals surface area contributed by atoms with Crippen LogP contribution in [-0.2, 0) is 4.79 Å². The maximum absolute atomic E-state index is 11.5. The Morgan fingerprint density at radius 2 is 1.36 bits per heavy atom. The molecule has 25 heavy (non-hydrogen) atoms. The predicted octanol–water partition coefficient (Wildman–Crippen LogP) is 4.67. The number of nitrogens with one attached hydrogen (secondary N) is 1. The molecule has 0 atom stereocenters. The number of carbonyl (C=O) groups excluding carboxylic acids is 1. The molecular formula is C21H44N2O2. The number of hydrogen-bond acceptors (Lipinski definition) is 2. The topological polar surface area (TPSA) is 68.8 Å². The van der Waals surface area contributed by atoms with Gasteiger partial charge in [0.25, 0.3) is 0 Å². The molecule has 0 aliphatic carbocycles. The van der Waals surface area contributed by atoms with Crippen LogP contribution in [0.3, 0.4) is 0 Å².